The van der Waals surface area contributed by atoms with Gasteiger partial charge in [0.2, 0.25) is 5.91 Å². The maximum absolute atomic E-state index is 12.2. The van der Waals surface area contributed by atoms with Crippen molar-refractivity contribution in [2.75, 3.05) is 19.4 Å². The molecule has 1 rings (SSSR count). The van der Waals surface area contributed by atoms with Crippen LogP contribution in [0.15, 0.2) is 12.7 Å². The van der Waals surface area contributed by atoms with Crippen LogP contribution in [0.3, 0.4) is 0 Å². The minimum absolute atomic E-state index is 0.230. The molecule has 1 aliphatic heterocycles. The Kier molecular flexibility index (Phi) is 8.72. The number of aliphatic carboxylic acids is 1. The second-order valence-electron chi connectivity index (χ2n) is 6.86. The maximum atomic E-state index is 12.2. The Balaban J connectivity index is 2.65. The highest BCUT2D eigenvalue weighted by molar-refractivity contribution is 7.52. The SMILES string of the molecule is C=CC(=O)NC(C)(COP(=O)(O)C[C@H](O)C[C@H]1N[C@H](CO)[C@@H](O)[C@@H]1O)C(=O)O. The summed E-state index contributed by atoms with van der Waals surface area (Å²) in [5, 5.41) is 52.7. The van der Waals surface area contributed by atoms with Crippen molar-refractivity contribution in [2.24, 2.45) is 0 Å². The fraction of sp³-hybridized carbons (Fsp3) is 0.733. The van der Waals surface area contributed by atoms with Gasteiger partial charge < -0.3 is 45.6 Å². The van der Waals surface area contributed by atoms with E-state index in [9.17, 15) is 39.5 Å². The molecule has 0 bridgehead atoms. The molecule has 7 atom stereocenters. The van der Waals surface area contributed by atoms with Crippen molar-refractivity contribution in [3.8, 4) is 0 Å². The van der Waals surface area contributed by atoms with Crippen molar-refractivity contribution >= 4 is 19.5 Å². The summed E-state index contributed by atoms with van der Waals surface area (Å²) in [5.41, 5.74) is -2.00. The third-order valence-corrected chi connectivity index (χ3v) is 5.79. The van der Waals surface area contributed by atoms with Crippen molar-refractivity contribution in [3.05, 3.63) is 12.7 Å². The molecule has 1 fully saturated rings. The highest BCUT2D eigenvalue weighted by atomic mass is 31.2. The highest BCUT2D eigenvalue weighted by Gasteiger charge is 2.42. The fourth-order valence-electron chi connectivity index (χ4n) is 2.71. The lowest BCUT2D eigenvalue weighted by Crippen LogP contribution is -2.55. The summed E-state index contributed by atoms with van der Waals surface area (Å²) in [5.74, 6) is -2.33. The zero-order chi connectivity index (χ0) is 21.7. The lowest BCUT2D eigenvalue weighted by molar-refractivity contribution is -0.147. The molecule has 0 radical (unpaired) electrons. The first-order valence-corrected chi connectivity index (χ1v) is 10.2. The summed E-state index contributed by atoms with van der Waals surface area (Å²) in [7, 11) is -4.46. The lowest BCUT2D eigenvalue weighted by Gasteiger charge is -2.27. The third-order valence-electron chi connectivity index (χ3n) is 4.38. The van der Waals surface area contributed by atoms with Gasteiger partial charge in [0.15, 0.2) is 5.54 Å². The van der Waals surface area contributed by atoms with E-state index in [2.05, 4.69) is 17.2 Å². The number of aliphatic hydroxyl groups excluding tert-OH is 4. The standard InChI is InChI=1S/C15H27N2O10P/c1-3-11(20)17-15(2,14(23)24)7-27-28(25,26)6-8(19)4-9-12(21)13(22)10(5-18)16-9/h3,8-10,12-13,16,18-19,21-22H,1,4-7H2,2H3,(H,17,20)(H,23,24)(H,25,26)/t8-,9-,10-,12-,13-,15?/m1/s1. The minimum Gasteiger partial charge on any atom is -0.479 e. The normalized spacial score (nSPS) is 30.1. The van der Waals surface area contributed by atoms with Crippen LogP contribution in [0, 0.1) is 0 Å². The number of hydrogen-bond acceptors (Lipinski definition) is 9. The highest BCUT2D eigenvalue weighted by Crippen LogP contribution is 2.44. The molecule has 0 spiro atoms. The molecule has 162 valence electrons. The van der Waals surface area contributed by atoms with Crippen LogP contribution in [0.4, 0.5) is 0 Å². The molecule has 1 heterocycles. The molecular formula is C15H27N2O10P. The largest absolute Gasteiger partial charge is 0.479 e. The van der Waals surface area contributed by atoms with E-state index in [0.717, 1.165) is 13.0 Å². The number of carboxylic acid groups (broad SMARTS) is 1. The molecule has 0 aromatic heterocycles. The fourth-order valence-corrected chi connectivity index (χ4v) is 3.95. The van der Waals surface area contributed by atoms with E-state index in [-0.39, 0.29) is 6.42 Å². The van der Waals surface area contributed by atoms with Gasteiger partial charge in [-0.3, -0.25) is 9.36 Å². The summed E-state index contributed by atoms with van der Waals surface area (Å²) in [6.45, 7) is 2.96. The molecule has 1 amide bonds. The predicted molar refractivity (Wildman–Crippen MR) is 95.5 cm³/mol. The smallest absolute Gasteiger partial charge is 0.331 e. The molecule has 0 aromatic rings. The molecule has 1 aliphatic rings. The molecule has 0 aromatic carbocycles. The van der Waals surface area contributed by atoms with Crippen molar-refractivity contribution in [3.63, 3.8) is 0 Å². The van der Waals surface area contributed by atoms with Crippen molar-refractivity contribution in [1.82, 2.24) is 10.6 Å². The van der Waals surface area contributed by atoms with Gasteiger partial charge in [-0.05, 0) is 19.4 Å². The van der Waals surface area contributed by atoms with E-state index in [1.165, 1.54) is 0 Å². The number of aliphatic hydroxyl groups is 4. The Morgan fingerprint density at radius 3 is 2.39 bits per heavy atom. The number of amides is 1. The van der Waals surface area contributed by atoms with E-state index in [4.69, 9.17) is 9.63 Å². The summed E-state index contributed by atoms with van der Waals surface area (Å²) < 4.78 is 16.9. The summed E-state index contributed by atoms with van der Waals surface area (Å²) >= 11 is 0. The number of rotatable bonds is 11. The Morgan fingerprint density at radius 2 is 1.93 bits per heavy atom. The number of hydrogen-bond donors (Lipinski definition) is 8. The first-order valence-electron chi connectivity index (χ1n) is 8.40. The molecule has 12 nitrogen and oxygen atoms in total. The number of nitrogens with one attached hydrogen (secondary N) is 2. The zero-order valence-corrected chi connectivity index (χ0v) is 16.2. The first-order chi connectivity index (χ1) is 12.8. The van der Waals surface area contributed by atoms with E-state index < -0.39 is 74.8 Å². The van der Waals surface area contributed by atoms with Crippen LogP contribution in [0.2, 0.25) is 0 Å². The van der Waals surface area contributed by atoms with Gasteiger partial charge in [0.1, 0.15) is 0 Å². The molecule has 2 unspecified atom stereocenters. The Hall–Kier alpha value is -1.37. The summed E-state index contributed by atoms with van der Waals surface area (Å²) in [4.78, 5) is 32.6. The third kappa shape index (κ3) is 6.61. The van der Waals surface area contributed by atoms with Gasteiger partial charge in [-0.2, -0.15) is 0 Å². The van der Waals surface area contributed by atoms with Gasteiger partial charge in [-0.25, -0.2) is 4.79 Å². The van der Waals surface area contributed by atoms with E-state index in [1.54, 1.807) is 0 Å². The van der Waals surface area contributed by atoms with Gasteiger partial charge >= 0.3 is 13.6 Å². The van der Waals surface area contributed by atoms with Gasteiger partial charge in [0.05, 0.1) is 43.7 Å². The Morgan fingerprint density at radius 1 is 1.36 bits per heavy atom. The van der Waals surface area contributed by atoms with E-state index in [0.29, 0.717) is 0 Å². The number of carbonyl (C=O) groups excluding carboxylic acids is 1. The molecule has 8 N–H and O–H groups in total. The lowest BCUT2D eigenvalue weighted by atomic mass is 10.0. The Labute approximate surface area is 161 Å². The monoisotopic (exact) mass is 426 g/mol. The van der Waals surface area contributed by atoms with Crippen LogP contribution in [0.25, 0.3) is 0 Å². The average molecular weight is 426 g/mol. The Bertz CT molecular complexity index is 632. The molecular weight excluding hydrogens is 399 g/mol. The second kappa shape index (κ2) is 9.90. The summed E-state index contributed by atoms with van der Waals surface area (Å²) in [6.07, 6.45) is -4.17. The molecule has 0 saturated carbocycles. The average Bonchev–Trinajstić information content (AvgIpc) is 2.87. The van der Waals surface area contributed by atoms with Crippen LogP contribution >= 0.6 is 7.60 Å². The van der Waals surface area contributed by atoms with E-state index >= 15 is 0 Å². The van der Waals surface area contributed by atoms with Crippen molar-refractivity contribution in [2.45, 2.75) is 49.3 Å². The van der Waals surface area contributed by atoms with Crippen LogP contribution < -0.4 is 10.6 Å². The molecule has 0 aliphatic carbocycles. The molecule has 13 heteroatoms. The quantitative estimate of drug-likeness (QED) is 0.125. The van der Waals surface area contributed by atoms with Gasteiger partial charge in [0.25, 0.3) is 0 Å². The van der Waals surface area contributed by atoms with Crippen LogP contribution in [-0.2, 0) is 18.7 Å². The second-order valence-corrected chi connectivity index (χ2v) is 8.76. The maximum Gasteiger partial charge on any atom is 0.331 e. The van der Waals surface area contributed by atoms with Gasteiger partial charge in [-0.1, -0.05) is 6.58 Å². The zero-order valence-electron chi connectivity index (χ0n) is 15.3. The van der Waals surface area contributed by atoms with Crippen LogP contribution in [0.5, 0.6) is 0 Å². The van der Waals surface area contributed by atoms with Crippen LogP contribution in [0.1, 0.15) is 13.3 Å². The first kappa shape index (κ1) is 24.7. The van der Waals surface area contributed by atoms with Crippen LogP contribution in [-0.4, -0.2) is 97.6 Å². The van der Waals surface area contributed by atoms with Gasteiger partial charge in [-0.15, -0.1) is 0 Å². The number of carbonyl (C=O) groups is 2. The molecule has 1 saturated heterocycles. The topological polar surface area (TPSA) is 206 Å². The molecule has 28 heavy (non-hydrogen) atoms. The number of carboxylic acids is 1. The van der Waals surface area contributed by atoms with Gasteiger partial charge in [0, 0.05) is 6.04 Å². The predicted octanol–water partition coefficient (Wildman–Crippen LogP) is -2.86. The van der Waals surface area contributed by atoms with E-state index in [1.807, 2.05) is 0 Å². The minimum atomic E-state index is -4.46. The summed E-state index contributed by atoms with van der Waals surface area (Å²) in [6, 6.07) is -1.63. The van der Waals surface area contributed by atoms with Crippen molar-refractivity contribution < 1.29 is 49.1 Å². The van der Waals surface area contributed by atoms with Crippen molar-refractivity contribution in [1.29, 1.82) is 0 Å².